The maximum absolute atomic E-state index is 6.01. The van der Waals surface area contributed by atoms with Gasteiger partial charge >= 0.3 is 0 Å². The third kappa shape index (κ3) is 2.80. The molecule has 2 aromatic carbocycles. The molecule has 0 radical (unpaired) electrons. The minimum atomic E-state index is 0.597. The molecule has 1 heterocycles. The van der Waals surface area contributed by atoms with Crippen molar-refractivity contribution >= 4 is 27.8 Å². The zero-order valence-corrected chi connectivity index (χ0v) is 11.8. The number of nitrogens with one attached hydrogen (secondary N) is 1. The van der Waals surface area contributed by atoms with E-state index in [0.717, 1.165) is 33.4 Å². The molecule has 0 amide bonds. The van der Waals surface area contributed by atoms with Crippen molar-refractivity contribution in [3.05, 3.63) is 60.4 Å². The second kappa shape index (κ2) is 5.81. The van der Waals surface area contributed by atoms with Gasteiger partial charge in [0.1, 0.15) is 0 Å². The van der Waals surface area contributed by atoms with Crippen LogP contribution in [0.25, 0.3) is 10.8 Å². The average molecular weight is 279 g/mol. The van der Waals surface area contributed by atoms with Gasteiger partial charge in [0.2, 0.25) is 0 Å². The fourth-order valence-corrected chi connectivity index (χ4v) is 2.38. The van der Waals surface area contributed by atoms with E-state index in [1.807, 2.05) is 42.6 Å². The molecule has 3 aromatic rings. The quantitative estimate of drug-likeness (QED) is 0.715. The van der Waals surface area contributed by atoms with Crippen molar-refractivity contribution in [1.82, 2.24) is 4.98 Å². The Kier molecular flexibility index (Phi) is 3.71. The number of fused-ring (bicyclic) bond motifs is 1. The summed E-state index contributed by atoms with van der Waals surface area (Å²) >= 11 is 0. The predicted octanol–water partition coefficient (Wildman–Crippen LogP) is 3.71. The summed E-state index contributed by atoms with van der Waals surface area (Å²) in [6, 6.07) is 14.0. The number of hydrogen-bond acceptors (Lipinski definition) is 4. The minimum Gasteiger partial charge on any atom is -0.398 e. The Balaban J connectivity index is 1.98. The maximum atomic E-state index is 6.01. The minimum absolute atomic E-state index is 0.597. The molecule has 0 atom stereocenters. The van der Waals surface area contributed by atoms with E-state index in [2.05, 4.69) is 16.4 Å². The molecule has 0 unspecified atom stereocenters. The highest BCUT2D eigenvalue weighted by Gasteiger charge is 2.05. The lowest BCUT2D eigenvalue weighted by molar-refractivity contribution is 0.185. The molecular weight excluding hydrogens is 262 g/mol. The first kappa shape index (κ1) is 13.4. The zero-order valence-electron chi connectivity index (χ0n) is 11.8. The Labute approximate surface area is 123 Å². The third-order valence-electron chi connectivity index (χ3n) is 3.37. The standard InChI is InChI=1S/C17H17N3O/c1-21-11-12-3-2-4-13(9-12)20-17-6-5-16(18)14-7-8-19-10-15(14)17/h2-10,20H,11,18H2,1H3. The second-order valence-electron chi connectivity index (χ2n) is 4.88. The van der Waals surface area contributed by atoms with Crippen LogP contribution in [0.2, 0.25) is 0 Å². The molecule has 21 heavy (non-hydrogen) atoms. The number of aromatic nitrogens is 1. The Bertz CT molecular complexity index is 771. The van der Waals surface area contributed by atoms with Crippen LogP contribution in [0.1, 0.15) is 5.56 Å². The van der Waals surface area contributed by atoms with Crippen LogP contribution in [-0.4, -0.2) is 12.1 Å². The van der Waals surface area contributed by atoms with Gasteiger partial charge in [0.15, 0.2) is 0 Å². The Morgan fingerprint density at radius 3 is 2.90 bits per heavy atom. The summed E-state index contributed by atoms with van der Waals surface area (Å²) in [6.07, 6.45) is 3.58. The van der Waals surface area contributed by atoms with E-state index < -0.39 is 0 Å². The first-order valence-corrected chi connectivity index (χ1v) is 6.75. The number of nitrogens with two attached hydrogens (primary N) is 1. The maximum Gasteiger partial charge on any atom is 0.0713 e. The smallest absolute Gasteiger partial charge is 0.0713 e. The highest BCUT2D eigenvalue weighted by atomic mass is 16.5. The van der Waals surface area contributed by atoms with E-state index in [9.17, 15) is 0 Å². The van der Waals surface area contributed by atoms with E-state index in [-0.39, 0.29) is 0 Å². The molecule has 0 bridgehead atoms. The number of methoxy groups -OCH3 is 1. The molecular formula is C17H17N3O. The van der Waals surface area contributed by atoms with Crippen LogP contribution in [0.5, 0.6) is 0 Å². The Morgan fingerprint density at radius 2 is 2.05 bits per heavy atom. The Morgan fingerprint density at radius 1 is 1.14 bits per heavy atom. The first-order chi connectivity index (χ1) is 10.3. The van der Waals surface area contributed by atoms with E-state index in [4.69, 9.17) is 10.5 Å². The van der Waals surface area contributed by atoms with Gasteiger partial charge in [0.25, 0.3) is 0 Å². The predicted molar refractivity (Wildman–Crippen MR) is 86.6 cm³/mol. The first-order valence-electron chi connectivity index (χ1n) is 6.75. The summed E-state index contributed by atoms with van der Waals surface area (Å²) in [5.74, 6) is 0. The summed E-state index contributed by atoms with van der Waals surface area (Å²) < 4.78 is 5.16. The summed E-state index contributed by atoms with van der Waals surface area (Å²) in [4.78, 5) is 4.19. The summed E-state index contributed by atoms with van der Waals surface area (Å²) in [5, 5.41) is 5.43. The molecule has 0 saturated carbocycles. The van der Waals surface area contributed by atoms with Crippen molar-refractivity contribution in [2.24, 2.45) is 0 Å². The summed E-state index contributed by atoms with van der Waals surface area (Å²) in [6.45, 7) is 0.597. The molecule has 3 rings (SSSR count). The van der Waals surface area contributed by atoms with Gasteiger partial charge in [0.05, 0.1) is 6.61 Å². The molecule has 1 aromatic heterocycles. The SMILES string of the molecule is COCc1cccc(Nc2ccc(N)c3ccncc23)c1. The van der Waals surface area contributed by atoms with Gasteiger partial charge < -0.3 is 15.8 Å². The van der Waals surface area contributed by atoms with Gasteiger partial charge in [-0.05, 0) is 35.9 Å². The van der Waals surface area contributed by atoms with Crippen LogP contribution in [0.4, 0.5) is 17.1 Å². The average Bonchev–Trinajstić information content (AvgIpc) is 2.51. The topological polar surface area (TPSA) is 60.2 Å². The van der Waals surface area contributed by atoms with Crippen molar-refractivity contribution in [2.75, 3.05) is 18.2 Å². The molecule has 0 aliphatic carbocycles. The van der Waals surface area contributed by atoms with Crippen LogP contribution in [0, 0.1) is 0 Å². The van der Waals surface area contributed by atoms with Gasteiger partial charge in [-0.2, -0.15) is 0 Å². The normalized spacial score (nSPS) is 10.7. The molecule has 0 spiro atoms. The number of pyridine rings is 1. The number of nitrogens with zero attached hydrogens (tertiary/aromatic N) is 1. The van der Waals surface area contributed by atoms with Crippen molar-refractivity contribution in [1.29, 1.82) is 0 Å². The molecule has 106 valence electrons. The van der Waals surface area contributed by atoms with Crippen LogP contribution in [0.3, 0.4) is 0 Å². The van der Waals surface area contributed by atoms with Gasteiger partial charge in [0, 0.05) is 47.3 Å². The van der Waals surface area contributed by atoms with Crippen LogP contribution in [0.15, 0.2) is 54.9 Å². The zero-order chi connectivity index (χ0) is 14.7. The lowest BCUT2D eigenvalue weighted by Crippen LogP contribution is -1.96. The number of ether oxygens (including phenoxy) is 1. The fourth-order valence-electron chi connectivity index (χ4n) is 2.38. The molecule has 3 N–H and O–H groups in total. The molecule has 0 aliphatic rings. The molecule has 4 nitrogen and oxygen atoms in total. The lowest BCUT2D eigenvalue weighted by atomic mass is 10.1. The van der Waals surface area contributed by atoms with Crippen molar-refractivity contribution < 1.29 is 4.74 Å². The number of hydrogen-bond donors (Lipinski definition) is 2. The van der Waals surface area contributed by atoms with Gasteiger partial charge in [-0.25, -0.2) is 0 Å². The van der Waals surface area contributed by atoms with Gasteiger partial charge in [-0.15, -0.1) is 0 Å². The van der Waals surface area contributed by atoms with Crippen LogP contribution in [-0.2, 0) is 11.3 Å². The second-order valence-corrected chi connectivity index (χ2v) is 4.88. The van der Waals surface area contributed by atoms with Crippen LogP contribution < -0.4 is 11.1 Å². The lowest BCUT2D eigenvalue weighted by Gasteiger charge is -2.12. The van der Waals surface area contributed by atoms with Crippen molar-refractivity contribution in [2.45, 2.75) is 6.61 Å². The number of benzene rings is 2. The monoisotopic (exact) mass is 279 g/mol. The van der Waals surface area contributed by atoms with Crippen LogP contribution >= 0.6 is 0 Å². The largest absolute Gasteiger partial charge is 0.398 e. The van der Waals surface area contributed by atoms with E-state index in [0.29, 0.717) is 6.61 Å². The molecule has 4 heteroatoms. The molecule has 0 saturated heterocycles. The summed E-state index contributed by atoms with van der Waals surface area (Å²) in [5.41, 5.74) is 9.89. The highest BCUT2D eigenvalue weighted by molar-refractivity contribution is 6.01. The van der Waals surface area contributed by atoms with E-state index in [1.165, 1.54) is 0 Å². The highest BCUT2D eigenvalue weighted by Crippen LogP contribution is 2.29. The van der Waals surface area contributed by atoms with Crippen molar-refractivity contribution in [3.63, 3.8) is 0 Å². The molecule has 0 fully saturated rings. The van der Waals surface area contributed by atoms with Gasteiger partial charge in [-0.1, -0.05) is 12.1 Å². The van der Waals surface area contributed by atoms with Crippen molar-refractivity contribution in [3.8, 4) is 0 Å². The van der Waals surface area contributed by atoms with E-state index in [1.54, 1.807) is 13.3 Å². The third-order valence-corrected chi connectivity index (χ3v) is 3.37. The van der Waals surface area contributed by atoms with Gasteiger partial charge in [-0.3, -0.25) is 4.98 Å². The molecule has 0 aliphatic heterocycles. The summed E-state index contributed by atoms with van der Waals surface area (Å²) in [7, 11) is 1.69. The number of anilines is 3. The Hall–Kier alpha value is -2.59. The fraction of sp³-hybridized carbons (Fsp3) is 0.118. The number of nitrogen functional groups attached to an aromatic ring is 1. The van der Waals surface area contributed by atoms with E-state index >= 15 is 0 Å². The number of rotatable bonds is 4.